The summed E-state index contributed by atoms with van der Waals surface area (Å²) < 4.78 is 1.46. The predicted molar refractivity (Wildman–Crippen MR) is 74.4 cm³/mol. The number of nitrogen functional groups attached to an aromatic ring is 1. The molecule has 0 spiro atoms. The van der Waals surface area contributed by atoms with Crippen molar-refractivity contribution in [2.45, 2.75) is 6.92 Å². The summed E-state index contributed by atoms with van der Waals surface area (Å²) >= 11 is 0. The lowest BCUT2D eigenvalue weighted by Crippen LogP contribution is -2.12. The number of aromatic nitrogens is 5. The van der Waals surface area contributed by atoms with Crippen molar-refractivity contribution >= 4 is 5.69 Å². The highest BCUT2D eigenvalue weighted by molar-refractivity contribution is 5.60. The highest BCUT2D eigenvalue weighted by Crippen LogP contribution is 2.17. The molecule has 3 aromatic rings. The molecule has 0 saturated carbocycles. The molecule has 1 aromatic carbocycles. The van der Waals surface area contributed by atoms with Gasteiger partial charge in [0.05, 0.1) is 0 Å². The summed E-state index contributed by atoms with van der Waals surface area (Å²) in [4.78, 5) is 22.4. The van der Waals surface area contributed by atoms with Crippen molar-refractivity contribution < 1.29 is 0 Å². The van der Waals surface area contributed by atoms with E-state index in [0.29, 0.717) is 23.2 Å². The van der Waals surface area contributed by atoms with Gasteiger partial charge in [-0.25, -0.2) is 14.6 Å². The van der Waals surface area contributed by atoms with Gasteiger partial charge in [-0.15, -0.1) is 5.10 Å². The van der Waals surface area contributed by atoms with Crippen LogP contribution in [0.3, 0.4) is 0 Å². The fourth-order valence-electron chi connectivity index (χ4n) is 1.86. The molecule has 0 fully saturated rings. The summed E-state index contributed by atoms with van der Waals surface area (Å²) in [7, 11) is 0. The Morgan fingerprint density at radius 2 is 2.15 bits per heavy atom. The normalized spacial score (nSPS) is 10.7. The van der Waals surface area contributed by atoms with E-state index in [0.717, 1.165) is 5.56 Å². The first-order valence-electron chi connectivity index (χ1n) is 5.98. The largest absolute Gasteiger partial charge is 0.399 e. The van der Waals surface area contributed by atoms with Gasteiger partial charge in [0.25, 0.3) is 5.56 Å². The van der Waals surface area contributed by atoms with Crippen molar-refractivity contribution in [2.24, 2.45) is 0 Å². The van der Waals surface area contributed by atoms with Crippen LogP contribution < -0.4 is 11.3 Å². The lowest BCUT2D eigenvalue weighted by Gasteiger charge is -2.00. The number of benzene rings is 1. The van der Waals surface area contributed by atoms with Crippen LogP contribution in [0, 0.1) is 6.92 Å². The molecule has 20 heavy (non-hydrogen) atoms. The van der Waals surface area contributed by atoms with Gasteiger partial charge >= 0.3 is 0 Å². The number of aryl methyl sites for hydroxylation is 1. The number of nitrogens with one attached hydrogen (secondary N) is 1. The second-order valence-electron chi connectivity index (χ2n) is 4.33. The number of aromatic amines is 1. The van der Waals surface area contributed by atoms with E-state index in [4.69, 9.17) is 5.73 Å². The summed E-state index contributed by atoms with van der Waals surface area (Å²) in [6.45, 7) is 1.71. The van der Waals surface area contributed by atoms with E-state index in [1.54, 1.807) is 19.1 Å². The van der Waals surface area contributed by atoms with E-state index in [1.165, 1.54) is 17.1 Å². The zero-order chi connectivity index (χ0) is 14.1. The van der Waals surface area contributed by atoms with Gasteiger partial charge in [0.1, 0.15) is 12.2 Å². The van der Waals surface area contributed by atoms with Gasteiger partial charge in [0.15, 0.2) is 11.6 Å². The minimum Gasteiger partial charge on any atom is -0.399 e. The fraction of sp³-hybridized carbons (Fsp3) is 0.0769. The molecule has 3 N–H and O–H groups in total. The van der Waals surface area contributed by atoms with E-state index < -0.39 is 0 Å². The van der Waals surface area contributed by atoms with Crippen LogP contribution in [0.2, 0.25) is 0 Å². The van der Waals surface area contributed by atoms with Crippen molar-refractivity contribution in [3.63, 3.8) is 0 Å². The van der Waals surface area contributed by atoms with Gasteiger partial charge in [-0.2, -0.15) is 0 Å². The summed E-state index contributed by atoms with van der Waals surface area (Å²) in [5.41, 5.74) is 6.96. The van der Waals surface area contributed by atoms with Gasteiger partial charge in [-0.1, -0.05) is 12.1 Å². The van der Waals surface area contributed by atoms with Gasteiger partial charge < -0.3 is 10.7 Å². The maximum atomic E-state index is 11.4. The zero-order valence-corrected chi connectivity index (χ0v) is 10.7. The topological polar surface area (TPSA) is 102 Å². The van der Waals surface area contributed by atoms with Gasteiger partial charge in [0.2, 0.25) is 0 Å². The number of H-pyrrole nitrogens is 1. The molecule has 100 valence electrons. The molecule has 0 radical (unpaired) electrons. The summed E-state index contributed by atoms with van der Waals surface area (Å²) in [5, 5.41) is 4.31. The second-order valence-corrected chi connectivity index (χ2v) is 4.33. The summed E-state index contributed by atoms with van der Waals surface area (Å²) in [5.74, 6) is 1.47. The minimum atomic E-state index is -0.228. The molecule has 0 aliphatic rings. The lowest BCUT2D eigenvalue weighted by molar-refractivity contribution is 0.823. The predicted octanol–water partition coefficient (Wildman–Crippen LogP) is 0.908. The first kappa shape index (κ1) is 12.1. The van der Waals surface area contributed by atoms with Crippen LogP contribution in [-0.2, 0) is 0 Å². The quantitative estimate of drug-likeness (QED) is 0.672. The Bertz CT molecular complexity index is 819. The first-order valence-corrected chi connectivity index (χ1v) is 5.98. The third-order valence-corrected chi connectivity index (χ3v) is 2.72. The summed E-state index contributed by atoms with van der Waals surface area (Å²) in [6.07, 6.45) is 1.51. The Labute approximate surface area is 114 Å². The number of hydrogen-bond acceptors (Lipinski definition) is 5. The molecule has 0 aliphatic heterocycles. The van der Waals surface area contributed by atoms with Crippen molar-refractivity contribution in [1.82, 2.24) is 24.7 Å². The smallest absolute Gasteiger partial charge is 0.253 e. The molecule has 7 heteroatoms. The second kappa shape index (κ2) is 4.61. The van der Waals surface area contributed by atoms with Crippen LogP contribution in [0.5, 0.6) is 0 Å². The number of hydrogen-bond donors (Lipinski definition) is 2. The zero-order valence-electron chi connectivity index (χ0n) is 10.7. The molecule has 0 saturated heterocycles. The van der Waals surface area contributed by atoms with Crippen LogP contribution in [0.1, 0.15) is 5.82 Å². The standard InChI is InChI=1S/C13H12N6O/c1-8-16-11(6-12(20)17-8)19-7-15-13(18-19)9-3-2-4-10(14)5-9/h2-7H,14H2,1H3,(H,16,17,20). The maximum absolute atomic E-state index is 11.4. The third-order valence-electron chi connectivity index (χ3n) is 2.72. The monoisotopic (exact) mass is 268 g/mol. The number of rotatable bonds is 2. The maximum Gasteiger partial charge on any atom is 0.253 e. The highest BCUT2D eigenvalue weighted by atomic mass is 16.1. The Balaban J connectivity index is 2.04. The van der Waals surface area contributed by atoms with Gasteiger partial charge in [-0.3, -0.25) is 4.79 Å². The molecule has 7 nitrogen and oxygen atoms in total. The molecule has 3 rings (SSSR count). The minimum absolute atomic E-state index is 0.228. The molecule has 0 amide bonds. The van der Waals surface area contributed by atoms with Crippen molar-refractivity contribution in [2.75, 3.05) is 5.73 Å². The van der Waals surface area contributed by atoms with E-state index in [2.05, 4.69) is 20.1 Å². The molecular formula is C13H12N6O. The van der Waals surface area contributed by atoms with Gasteiger partial charge in [0, 0.05) is 17.3 Å². The van der Waals surface area contributed by atoms with E-state index in [9.17, 15) is 4.79 Å². The first-order chi connectivity index (χ1) is 9.61. The van der Waals surface area contributed by atoms with Crippen LogP contribution in [0.4, 0.5) is 5.69 Å². The number of anilines is 1. The van der Waals surface area contributed by atoms with Crippen molar-refractivity contribution in [3.05, 3.63) is 52.8 Å². The number of nitrogens with zero attached hydrogens (tertiary/aromatic N) is 4. The molecule has 0 bridgehead atoms. The molecule has 0 unspecified atom stereocenters. The van der Waals surface area contributed by atoms with E-state index in [-0.39, 0.29) is 5.56 Å². The fourth-order valence-corrected chi connectivity index (χ4v) is 1.86. The van der Waals surface area contributed by atoms with E-state index in [1.807, 2.05) is 12.1 Å². The van der Waals surface area contributed by atoms with Crippen molar-refractivity contribution in [3.8, 4) is 17.2 Å². The van der Waals surface area contributed by atoms with Crippen molar-refractivity contribution in [1.29, 1.82) is 0 Å². The average Bonchev–Trinajstić information content (AvgIpc) is 2.87. The Kier molecular flexibility index (Phi) is 2.79. The Hall–Kier alpha value is -2.96. The number of nitrogens with two attached hydrogens (primary N) is 1. The van der Waals surface area contributed by atoms with Crippen LogP contribution in [0.15, 0.2) is 41.5 Å². The highest BCUT2D eigenvalue weighted by Gasteiger charge is 2.07. The van der Waals surface area contributed by atoms with Crippen LogP contribution in [-0.4, -0.2) is 24.7 Å². The van der Waals surface area contributed by atoms with Crippen LogP contribution >= 0.6 is 0 Å². The van der Waals surface area contributed by atoms with Gasteiger partial charge in [-0.05, 0) is 19.1 Å². The SMILES string of the molecule is Cc1nc(-n2cnc(-c3cccc(N)c3)n2)cc(=O)[nH]1. The van der Waals surface area contributed by atoms with Crippen LogP contribution in [0.25, 0.3) is 17.2 Å². The average molecular weight is 268 g/mol. The lowest BCUT2D eigenvalue weighted by atomic mass is 10.2. The molecular weight excluding hydrogens is 256 g/mol. The molecule has 0 atom stereocenters. The third kappa shape index (κ3) is 2.28. The van der Waals surface area contributed by atoms with E-state index >= 15 is 0 Å². The summed E-state index contributed by atoms with van der Waals surface area (Å²) in [6, 6.07) is 8.65. The molecule has 0 aliphatic carbocycles. The Morgan fingerprint density at radius 1 is 1.30 bits per heavy atom. The molecule has 2 aromatic heterocycles. The molecule has 2 heterocycles. The Morgan fingerprint density at radius 3 is 2.90 bits per heavy atom.